The van der Waals surface area contributed by atoms with Gasteiger partial charge in [0, 0.05) is 17.7 Å². The van der Waals surface area contributed by atoms with E-state index < -0.39 is 36.2 Å². The minimum absolute atomic E-state index is 0.131. The van der Waals surface area contributed by atoms with Crippen LogP contribution < -0.4 is 10.1 Å². The summed E-state index contributed by atoms with van der Waals surface area (Å²) in [6.07, 6.45) is 4.36. The largest absolute Gasteiger partial charge is 0.490 e. The number of ether oxygens (including phenoxy) is 2. The number of esters is 1. The molecule has 152 valence electrons. The van der Waals surface area contributed by atoms with Gasteiger partial charge in [-0.2, -0.15) is 0 Å². The molecule has 0 aliphatic heterocycles. The maximum Gasteiger partial charge on any atom is 0.331 e. The number of amides is 1. The van der Waals surface area contributed by atoms with Crippen molar-refractivity contribution in [3.05, 3.63) is 84.0 Å². The average molecular weight is 401 g/mol. The lowest BCUT2D eigenvalue weighted by molar-refractivity contribution is -0.144. The third-order valence-electron chi connectivity index (χ3n) is 3.81. The zero-order valence-electron chi connectivity index (χ0n) is 15.9. The molecule has 1 N–H and O–H groups in total. The molecular formula is C22H21F2NO4. The van der Waals surface area contributed by atoms with Crippen LogP contribution in [0.25, 0.3) is 6.08 Å². The molecule has 29 heavy (non-hydrogen) atoms. The zero-order chi connectivity index (χ0) is 21.2. The van der Waals surface area contributed by atoms with E-state index in [9.17, 15) is 18.4 Å². The molecule has 0 spiro atoms. The molecule has 1 atom stereocenters. The summed E-state index contributed by atoms with van der Waals surface area (Å²) < 4.78 is 36.9. The molecular weight excluding hydrogens is 380 g/mol. The summed E-state index contributed by atoms with van der Waals surface area (Å²) in [4.78, 5) is 23.6. The molecule has 2 rings (SSSR count). The number of nitrogens with one attached hydrogen (secondary N) is 1. The Labute approximate surface area is 167 Å². The van der Waals surface area contributed by atoms with Gasteiger partial charge in [0.25, 0.3) is 5.91 Å². The molecule has 0 aromatic heterocycles. The first kappa shape index (κ1) is 21.8. The van der Waals surface area contributed by atoms with E-state index in [1.807, 2.05) is 0 Å². The highest BCUT2D eigenvalue weighted by Gasteiger charge is 2.15. The predicted octanol–water partition coefficient (Wildman–Crippen LogP) is 3.96. The fraction of sp³-hybridized carbons (Fsp3) is 0.182. The second-order valence-corrected chi connectivity index (χ2v) is 6.06. The molecule has 0 saturated carbocycles. The van der Waals surface area contributed by atoms with Crippen molar-refractivity contribution in [1.29, 1.82) is 0 Å². The highest BCUT2D eigenvalue weighted by atomic mass is 19.1. The second-order valence-electron chi connectivity index (χ2n) is 6.06. The number of benzene rings is 2. The molecule has 1 amide bonds. The Bertz CT molecular complexity index is 894. The molecule has 7 heteroatoms. The molecule has 0 fully saturated rings. The van der Waals surface area contributed by atoms with Crippen LogP contribution in [0, 0.1) is 11.6 Å². The van der Waals surface area contributed by atoms with Gasteiger partial charge in [-0.1, -0.05) is 30.9 Å². The van der Waals surface area contributed by atoms with Gasteiger partial charge in [-0.25, -0.2) is 13.6 Å². The van der Waals surface area contributed by atoms with Gasteiger partial charge in [0.2, 0.25) is 0 Å². The van der Waals surface area contributed by atoms with Crippen LogP contribution in [0.2, 0.25) is 0 Å². The summed E-state index contributed by atoms with van der Waals surface area (Å²) in [5.41, 5.74) is 0.879. The van der Waals surface area contributed by atoms with Gasteiger partial charge in [0.05, 0.1) is 6.04 Å². The van der Waals surface area contributed by atoms with E-state index in [0.717, 1.165) is 17.7 Å². The fourth-order valence-corrected chi connectivity index (χ4v) is 2.39. The van der Waals surface area contributed by atoms with Gasteiger partial charge in [-0.05, 0) is 36.8 Å². The Morgan fingerprint density at radius 3 is 2.55 bits per heavy atom. The fourth-order valence-electron chi connectivity index (χ4n) is 2.39. The Balaban J connectivity index is 1.79. The van der Waals surface area contributed by atoms with Gasteiger partial charge in [0.15, 0.2) is 6.61 Å². The number of carbonyl (C=O) groups is 2. The number of hydrogen-bond acceptors (Lipinski definition) is 4. The highest BCUT2D eigenvalue weighted by Crippen LogP contribution is 2.17. The summed E-state index contributed by atoms with van der Waals surface area (Å²) in [5.74, 6) is -2.10. The van der Waals surface area contributed by atoms with Crippen molar-refractivity contribution in [1.82, 2.24) is 5.32 Å². The van der Waals surface area contributed by atoms with E-state index in [4.69, 9.17) is 9.47 Å². The molecule has 0 radical (unpaired) electrons. The summed E-state index contributed by atoms with van der Waals surface area (Å²) in [6.45, 7) is 4.98. The van der Waals surface area contributed by atoms with E-state index in [1.165, 1.54) is 18.2 Å². The second kappa shape index (κ2) is 10.8. The molecule has 0 saturated heterocycles. The minimum Gasteiger partial charge on any atom is -0.490 e. The first-order chi connectivity index (χ1) is 13.9. The summed E-state index contributed by atoms with van der Waals surface area (Å²) in [5, 5.41) is 2.48. The summed E-state index contributed by atoms with van der Waals surface area (Å²) in [6, 6.07) is 9.39. The highest BCUT2D eigenvalue weighted by molar-refractivity contribution is 5.89. The molecule has 2 aromatic carbocycles. The third-order valence-corrected chi connectivity index (χ3v) is 3.81. The topological polar surface area (TPSA) is 64.6 Å². The molecule has 2 aromatic rings. The van der Waals surface area contributed by atoms with Gasteiger partial charge >= 0.3 is 5.97 Å². The normalized spacial score (nSPS) is 11.7. The quantitative estimate of drug-likeness (QED) is 0.392. The average Bonchev–Trinajstić information content (AvgIpc) is 2.69. The Morgan fingerprint density at radius 1 is 1.17 bits per heavy atom. The van der Waals surface area contributed by atoms with Gasteiger partial charge in [-0.3, -0.25) is 4.79 Å². The molecule has 0 bridgehead atoms. The first-order valence-corrected chi connectivity index (χ1v) is 8.82. The van der Waals surface area contributed by atoms with Crippen molar-refractivity contribution in [2.45, 2.75) is 13.0 Å². The lowest BCUT2D eigenvalue weighted by atomic mass is 10.1. The summed E-state index contributed by atoms with van der Waals surface area (Å²) >= 11 is 0. The summed E-state index contributed by atoms with van der Waals surface area (Å²) in [7, 11) is 0. The maximum atomic E-state index is 13.7. The third kappa shape index (κ3) is 7.21. The van der Waals surface area contributed by atoms with Gasteiger partial charge in [0.1, 0.15) is 24.0 Å². The van der Waals surface area contributed by atoms with E-state index in [1.54, 1.807) is 37.3 Å². The van der Waals surface area contributed by atoms with Crippen LogP contribution in [-0.4, -0.2) is 25.1 Å². The monoisotopic (exact) mass is 401 g/mol. The van der Waals surface area contributed by atoms with Crippen LogP contribution in [0.15, 0.2) is 61.2 Å². The molecule has 0 heterocycles. The first-order valence-electron chi connectivity index (χ1n) is 8.82. The molecule has 0 aliphatic carbocycles. The van der Waals surface area contributed by atoms with Crippen LogP contribution in [-0.2, 0) is 14.3 Å². The van der Waals surface area contributed by atoms with Crippen molar-refractivity contribution >= 4 is 18.0 Å². The smallest absolute Gasteiger partial charge is 0.331 e. The Morgan fingerprint density at radius 2 is 1.90 bits per heavy atom. The zero-order valence-corrected chi connectivity index (χ0v) is 15.9. The number of rotatable bonds is 9. The van der Waals surface area contributed by atoms with Crippen molar-refractivity contribution in [2.24, 2.45) is 0 Å². The van der Waals surface area contributed by atoms with Crippen LogP contribution in [0.4, 0.5) is 8.78 Å². The standard InChI is InChI=1S/C22H21F2NO4/c1-3-12-28-18-8-4-16(5-9-18)6-11-22(27)29-14-21(26)25-15(2)19-10-7-17(23)13-20(19)24/h3-11,13,15H,1,12,14H2,2H3,(H,25,26)/b11-6+. The Kier molecular flexibility index (Phi) is 8.09. The van der Waals surface area contributed by atoms with Crippen LogP contribution in [0.1, 0.15) is 24.1 Å². The maximum absolute atomic E-state index is 13.7. The van der Waals surface area contributed by atoms with E-state index >= 15 is 0 Å². The van der Waals surface area contributed by atoms with Crippen molar-refractivity contribution in [3.8, 4) is 5.75 Å². The number of hydrogen-bond donors (Lipinski definition) is 1. The molecule has 5 nitrogen and oxygen atoms in total. The lowest BCUT2D eigenvalue weighted by Gasteiger charge is -2.15. The lowest BCUT2D eigenvalue weighted by Crippen LogP contribution is -2.31. The van der Waals surface area contributed by atoms with Crippen LogP contribution in [0.5, 0.6) is 5.75 Å². The van der Waals surface area contributed by atoms with Crippen molar-refractivity contribution < 1.29 is 27.8 Å². The van der Waals surface area contributed by atoms with Crippen molar-refractivity contribution in [3.63, 3.8) is 0 Å². The Hall–Kier alpha value is -3.48. The SMILES string of the molecule is C=CCOc1ccc(/C=C/C(=O)OCC(=O)NC(C)c2ccc(F)cc2F)cc1. The van der Waals surface area contributed by atoms with E-state index in [0.29, 0.717) is 12.4 Å². The van der Waals surface area contributed by atoms with E-state index in [-0.39, 0.29) is 5.56 Å². The minimum atomic E-state index is -0.765. The van der Waals surface area contributed by atoms with Crippen LogP contribution >= 0.6 is 0 Å². The van der Waals surface area contributed by atoms with E-state index in [2.05, 4.69) is 11.9 Å². The number of halogens is 2. The van der Waals surface area contributed by atoms with Crippen molar-refractivity contribution in [2.75, 3.05) is 13.2 Å². The van der Waals surface area contributed by atoms with Gasteiger partial charge < -0.3 is 14.8 Å². The predicted molar refractivity (Wildman–Crippen MR) is 105 cm³/mol. The molecule has 0 aliphatic rings. The van der Waals surface area contributed by atoms with Crippen LogP contribution in [0.3, 0.4) is 0 Å². The number of carbonyl (C=O) groups excluding carboxylic acids is 2. The molecule has 1 unspecified atom stereocenters. The van der Waals surface area contributed by atoms with Gasteiger partial charge in [-0.15, -0.1) is 0 Å².